The molecule has 3 aromatic carbocycles. The van der Waals surface area contributed by atoms with Crippen LogP contribution >= 0.6 is 0 Å². The summed E-state index contributed by atoms with van der Waals surface area (Å²) in [6.45, 7) is 9.63. The molecule has 0 aliphatic heterocycles. The van der Waals surface area contributed by atoms with Crippen molar-refractivity contribution in [1.82, 2.24) is 3.80 Å². The fourth-order valence-corrected chi connectivity index (χ4v) is 23.8. The van der Waals surface area contributed by atoms with E-state index in [1.807, 2.05) is 16.0 Å². The van der Waals surface area contributed by atoms with Gasteiger partial charge in [-0.15, -0.1) is 0 Å². The van der Waals surface area contributed by atoms with Crippen molar-refractivity contribution >= 4 is 12.6 Å². The van der Waals surface area contributed by atoms with Crippen molar-refractivity contribution < 1.29 is 16.1 Å². The molecule has 5 rings (SSSR count). The Morgan fingerprint density at radius 2 is 1.10 bits per heavy atom. The molecule has 2 unspecified atom stereocenters. The minimum Gasteiger partial charge on any atom is -0.0622 e. The van der Waals surface area contributed by atoms with Crippen LogP contribution in [0.5, 0.6) is 0 Å². The van der Waals surface area contributed by atoms with Gasteiger partial charge in [0.15, 0.2) is 0 Å². The van der Waals surface area contributed by atoms with Crippen LogP contribution in [-0.4, -0.2) is 13.4 Å². The first-order valence-electron chi connectivity index (χ1n) is 15.2. The molecule has 0 spiro atoms. The monoisotopic (exact) mass is 571 g/mol. The van der Waals surface area contributed by atoms with Crippen molar-refractivity contribution in [2.24, 2.45) is 5.92 Å². The summed E-state index contributed by atoms with van der Waals surface area (Å²) in [7, 11) is -0.305. The topological polar surface area (TPSA) is 12.0 Å². The minimum absolute atomic E-state index is 0.305. The molecule has 1 nitrogen and oxygen atoms in total. The number of hydrogen-bond acceptors (Lipinski definition) is 1. The van der Waals surface area contributed by atoms with Crippen LogP contribution in [0.4, 0.5) is 0 Å². The van der Waals surface area contributed by atoms with Gasteiger partial charge < -0.3 is 0 Å². The molecular weight excluding hydrogens is 522 g/mol. The van der Waals surface area contributed by atoms with E-state index in [2.05, 4.69) is 116 Å². The summed E-state index contributed by atoms with van der Waals surface area (Å²) in [4.78, 5) is 0. The van der Waals surface area contributed by atoms with Gasteiger partial charge in [0.1, 0.15) is 0 Å². The molecule has 206 valence electrons. The third kappa shape index (κ3) is 8.04. The molecule has 2 atom stereocenters. The van der Waals surface area contributed by atoms with Crippen LogP contribution < -0.4 is 8.99 Å². The molecule has 0 radical (unpaired) electrons. The molecule has 0 bridgehead atoms. The fourth-order valence-electron chi connectivity index (χ4n) is 6.80. The van der Waals surface area contributed by atoms with Crippen molar-refractivity contribution in [1.29, 1.82) is 0 Å². The second-order valence-corrected chi connectivity index (χ2v) is 26.1. The molecule has 2 aliphatic rings. The predicted molar refractivity (Wildman–Crippen MR) is 172 cm³/mol. The van der Waals surface area contributed by atoms with E-state index < -0.39 is 16.1 Å². The van der Waals surface area contributed by atoms with Crippen molar-refractivity contribution in [2.45, 2.75) is 83.9 Å². The molecule has 0 amide bonds. The van der Waals surface area contributed by atoms with Crippen molar-refractivity contribution in [3.63, 3.8) is 0 Å². The average Bonchev–Trinajstić information content (AvgIpc) is 3.14. The molecule has 1 saturated carbocycles. The van der Waals surface area contributed by atoms with E-state index in [-0.39, 0.29) is 7.39 Å². The number of nitrogens with one attached hydrogen (secondary N) is 1. The van der Waals surface area contributed by atoms with Gasteiger partial charge in [0, 0.05) is 0 Å². The van der Waals surface area contributed by atoms with E-state index >= 15 is 0 Å². The number of allylic oxidation sites excluding steroid dienone is 4. The average molecular weight is 572 g/mol. The second kappa shape index (κ2) is 14.6. The molecule has 39 heavy (non-hydrogen) atoms. The van der Waals surface area contributed by atoms with Crippen molar-refractivity contribution in [3.8, 4) is 11.1 Å². The van der Waals surface area contributed by atoms with Crippen LogP contribution in [0, 0.1) is 5.92 Å². The minimum atomic E-state index is -2.31. The van der Waals surface area contributed by atoms with Crippen molar-refractivity contribution in [2.75, 3.05) is 0 Å². The maximum atomic E-state index is 4.46. The van der Waals surface area contributed by atoms with Crippen LogP contribution in [0.15, 0.2) is 112 Å². The zero-order valence-corrected chi connectivity index (χ0v) is 27.9. The maximum absolute atomic E-state index is 4.46. The first-order chi connectivity index (χ1) is 18.9. The van der Waals surface area contributed by atoms with E-state index in [1.165, 1.54) is 56.1 Å². The summed E-state index contributed by atoms with van der Waals surface area (Å²) in [5.41, 5.74) is 7.40. The second-order valence-electron chi connectivity index (χ2n) is 12.0. The third-order valence-electron chi connectivity index (χ3n) is 9.14. The van der Waals surface area contributed by atoms with Crippen LogP contribution in [0.3, 0.4) is 0 Å². The van der Waals surface area contributed by atoms with Gasteiger partial charge in [0.25, 0.3) is 0 Å². The summed E-state index contributed by atoms with van der Waals surface area (Å²) in [6, 6.07) is 33.0. The molecule has 0 heterocycles. The maximum Gasteiger partial charge on any atom is -0.0184 e. The molecule has 1 fully saturated rings. The number of benzene rings is 3. The molecule has 1 N–H and O–H groups in total. The van der Waals surface area contributed by atoms with Crippen LogP contribution in [0.2, 0.25) is 5.23 Å². The number of hydrogen-bond donors (Lipinski definition) is 1. The van der Waals surface area contributed by atoms with Gasteiger partial charge in [0.2, 0.25) is 0 Å². The first-order valence-corrected chi connectivity index (χ1v) is 23.0. The Morgan fingerprint density at radius 3 is 1.56 bits per heavy atom. The Labute approximate surface area is 243 Å². The van der Waals surface area contributed by atoms with Crippen LogP contribution in [-0.2, 0) is 16.1 Å². The van der Waals surface area contributed by atoms with Crippen molar-refractivity contribution in [3.05, 3.63) is 112 Å². The van der Waals surface area contributed by atoms with Gasteiger partial charge >= 0.3 is 173 Å². The molecule has 3 aromatic rings. The SMILES string of the molecule is CC1=C(C)C(C)[C]([Ti]([CH3])([NH]C2CCCCCCC2)[SiH2]c2ccccc2)=C1C.c1ccc(-c2ccccc2)cc1. The van der Waals surface area contributed by atoms with E-state index in [0.717, 1.165) is 6.04 Å². The Hall–Kier alpha value is -1.97. The third-order valence-corrected chi connectivity index (χ3v) is 23.1. The summed E-state index contributed by atoms with van der Waals surface area (Å²) >= 11 is -2.31. The smallest absolute Gasteiger partial charge is 0.0184 e. The standard InChI is InChI=1S/C12H10.C9H13.C8H16N.C6H7Si.CH3.Ti/c1-3-7-11(8-4-1)12-9-5-2-6-10-12;1-6-5-7(2)9(4)8(6)3;9-8-6-4-2-1-3-5-7-8;7-6-4-2-1-3-5-6;;/h1-10H;6H,1-4H3;8-9H,1-7H2;1-5H,7H2;1H3;/q;;-1;;;+1. The van der Waals surface area contributed by atoms with Gasteiger partial charge in [-0.2, -0.15) is 0 Å². The van der Waals surface area contributed by atoms with E-state index in [0.29, 0.717) is 5.92 Å². The van der Waals surface area contributed by atoms with Crippen LogP contribution in [0.1, 0.15) is 72.6 Å². The predicted octanol–water partition coefficient (Wildman–Crippen LogP) is 8.83. The first kappa shape index (κ1) is 30.0. The Kier molecular flexibility index (Phi) is 11.2. The summed E-state index contributed by atoms with van der Waals surface area (Å²) in [6.07, 6.45) is 9.98. The van der Waals surface area contributed by atoms with E-state index in [9.17, 15) is 0 Å². The molecular formula is C36H49NSiTi. The largest absolute Gasteiger partial charge is 0.0622 e. The number of rotatable bonds is 6. The van der Waals surface area contributed by atoms with Gasteiger partial charge in [0.05, 0.1) is 0 Å². The van der Waals surface area contributed by atoms with Gasteiger partial charge in [-0.25, -0.2) is 0 Å². The van der Waals surface area contributed by atoms with Crippen LogP contribution in [0.25, 0.3) is 11.1 Å². The molecule has 0 aromatic heterocycles. The van der Waals surface area contributed by atoms with E-state index in [1.54, 1.807) is 21.9 Å². The van der Waals surface area contributed by atoms with Gasteiger partial charge in [-0.05, 0) is 11.1 Å². The molecule has 2 aliphatic carbocycles. The Morgan fingerprint density at radius 1 is 0.641 bits per heavy atom. The zero-order valence-electron chi connectivity index (χ0n) is 25.0. The fraction of sp³-hybridized carbons (Fsp3) is 0.389. The Bertz CT molecular complexity index is 1190. The summed E-state index contributed by atoms with van der Waals surface area (Å²) in [5.74, 6) is 0.660. The normalized spacial score (nSPS) is 20.4. The molecule has 0 saturated heterocycles. The van der Waals surface area contributed by atoms with Gasteiger partial charge in [-0.3, -0.25) is 0 Å². The summed E-state index contributed by atoms with van der Waals surface area (Å²) in [5, 5.41) is 4.38. The van der Waals surface area contributed by atoms with Gasteiger partial charge in [-0.1, -0.05) is 60.7 Å². The van der Waals surface area contributed by atoms with E-state index in [4.69, 9.17) is 0 Å². The zero-order chi connectivity index (χ0) is 27.7. The quantitative estimate of drug-likeness (QED) is 0.292. The molecule has 3 heteroatoms. The Balaban J connectivity index is 0.000000243. The summed E-state index contributed by atoms with van der Waals surface area (Å²) < 4.78 is 6.33.